The van der Waals surface area contributed by atoms with Crippen molar-refractivity contribution < 1.29 is 4.79 Å². The number of hydrogen-bond acceptors (Lipinski definition) is 2. The Kier molecular flexibility index (Phi) is 2.86. The molecule has 0 radical (unpaired) electrons. The molecule has 3 atom stereocenters. The van der Waals surface area contributed by atoms with E-state index in [1.54, 1.807) is 0 Å². The summed E-state index contributed by atoms with van der Waals surface area (Å²) in [6.45, 7) is 2.31. The van der Waals surface area contributed by atoms with Crippen molar-refractivity contribution in [3.05, 3.63) is 29.3 Å². The van der Waals surface area contributed by atoms with Crippen molar-refractivity contribution in [1.82, 2.24) is 5.32 Å². The Labute approximate surface area is 108 Å². The first-order valence-corrected chi connectivity index (χ1v) is 6.79. The average molecular weight is 244 g/mol. The van der Waals surface area contributed by atoms with Gasteiger partial charge in [0.15, 0.2) is 0 Å². The maximum atomic E-state index is 11.3. The highest BCUT2D eigenvalue weighted by molar-refractivity contribution is 5.93. The van der Waals surface area contributed by atoms with Gasteiger partial charge in [0.2, 0.25) is 5.91 Å². The molecule has 0 spiro atoms. The minimum Gasteiger partial charge on any atom is -0.326 e. The molecule has 1 aromatic carbocycles. The Morgan fingerprint density at radius 2 is 2.17 bits per heavy atom. The molecule has 0 bridgehead atoms. The van der Waals surface area contributed by atoms with Gasteiger partial charge in [-0.15, -0.1) is 0 Å². The van der Waals surface area contributed by atoms with E-state index in [1.807, 2.05) is 7.05 Å². The van der Waals surface area contributed by atoms with Gasteiger partial charge in [-0.1, -0.05) is 19.1 Å². The zero-order valence-corrected chi connectivity index (χ0v) is 11.0. The molecule has 1 fully saturated rings. The summed E-state index contributed by atoms with van der Waals surface area (Å²) in [6, 6.07) is 6.93. The number of anilines is 1. The van der Waals surface area contributed by atoms with Crippen LogP contribution in [0.4, 0.5) is 5.69 Å². The number of amides is 1. The third-order valence-corrected chi connectivity index (χ3v) is 4.29. The maximum absolute atomic E-state index is 11.3. The van der Waals surface area contributed by atoms with Crippen molar-refractivity contribution >= 4 is 11.6 Å². The summed E-state index contributed by atoms with van der Waals surface area (Å²) < 4.78 is 0. The van der Waals surface area contributed by atoms with Gasteiger partial charge in [0, 0.05) is 18.2 Å². The molecule has 1 aliphatic carbocycles. The second-order valence-corrected chi connectivity index (χ2v) is 5.61. The first kappa shape index (κ1) is 11.7. The van der Waals surface area contributed by atoms with E-state index < -0.39 is 0 Å². The van der Waals surface area contributed by atoms with Gasteiger partial charge in [-0.2, -0.15) is 0 Å². The lowest BCUT2D eigenvalue weighted by Gasteiger charge is -2.21. The third kappa shape index (κ3) is 2.03. The van der Waals surface area contributed by atoms with Crippen molar-refractivity contribution in [2.24, 2.45) is 11.8 Å². The van der Waals surface area contributed by atoms with Crippen LogP contribution in [0.5, 0.6) is 0 Å². The molecule has 0 saturated heterocycles. The van der Waals surface area contributed by atoms with Crippen molar-refractivity contribution in [3.63, 3.8) is 0 Å². The summed E-state index contributed by atoms with van der Waals surface area (Å²) in [7, 11) is 2.04. The lowest BCUT2D eigenvalue weighted by molar-refractivity contribution is -0.116. The van der Waals surface area contributed by atoms with Gasteiger partial charge in [0.25, 0.3) is 0 Å². The van der Waals surface area contributed by atoms with Crippen LogP contribution in [0.2, 0.25) is 0 Å². The molecule has 1 aromatic rings. The van der Waals surface area contributed by atoms with Crippen LogP contribution in [0.25, 0.3) is 0 Å². The van der Waals surface area contributed by atoms with Crippen LogP contribution in [0.3, 0.4) is 0 Å². The Balaban J connectivity index is 1.87. The average Bonchev–Trinajstić information content (AvgIpc) is 3.07. The number of aryl methyl sites for hydroxylation is 1. The SMILES string of the molecule is CNC(c1ccc2c(c1)CCC(=O)N2)C1CC1C. The largest absolute Gasteiger partial charge is 0.326 e. The van der Waals surface area contributed by atoms with E-state index in [0.717, 1.165) is 23.9 Å². The van der Waals surface area contributed by atoms with Crippen molar-refractivity contribution in [1.29, 1.82) is 0 Å². The Bertz CT molecular complexity index is 483. The standard InChI is InChI=1S/C15H20N2O/c1-9-7-12(9)15(16-2)11-3-5-13-10(8-11)4-6-14(18)17-13/h3,5,8-9,12,15-16H,4,6-7H2,1-2H3,(H,17,18). The molecular weight excluding hydrogens is 224 g/mol. The fraction of sp³-hybridized carbons (Fsp3) is 0.533. The van der Waals surface area contributed by atoms with Crippen molar-refractivity contribution in [2.75, 3.05) is 12.4 Å². The van der Waals surface area contributed by atoms with Crippen LogP contribution in [-0.2, 0) is 11.2 Å². The summed E-state index contributed by atoms with van der Waals surface area (Å²) in [5.41, 5.74) is 3.64. The highest BCUT2D eigenvalue weighted by Gasteiger charge is 2.39. The molecule has 3 unspecified atom stereocenters. The fourth-order valence-electron chi connectivity index (χ4n) is 3.04. The van der Waals surface area contributed by atoms with Crippen LogP contribution in [0.15, 0.2) is 18.2 Å². The topological polar surface area (TPSA) is 41.1 Å². The molecule has 1 heterocycles. The van der Waals surface area contributed by atoms with Crippen LogP contribution in [-0.4, -0.2) is 13.0 Å². The quantitative estimate of drug-likeness (QED) is 0.857. The highest BCUT2D eigenvalue weighted by atomic mass is 16.1. The summed E-state index contributed by atoms with van der Waals surface area (Å²) in [6.07, 6.45) is 2.80. The Morgan fingerprint density at radius 3 is 2.83 bits per heavy atom. The van der Waals surface area contributed by atoms with E-state index in [-0.39, 0.29) is 5.91 Å². The van der Waals surface area contributed by atoms with Gasteiger partial charge in [0.05, 0.1) is 0 Å². The van der Waals surface area contributed by atoms with E-state index in [1.165, 1.54) is 17.5 Å². The fourth-order valence-corrected chi connectivity index (χ4v) is 3.04. The number of fused-ring (bicyclic) bond motifs is 1. The number of carbonyl (C=O) groups is 1. The van der Waals surface area contributed by atoms with Crippen LogP contribution >= 0.6 is 0 Å². The molecule has 18 heavy (non-hydrogen) atoms. The van der Waals surface area contributed by atoms with Gasteiger partial charge < -0.3 is 10.6 Å². The van der Waals surface area contributed by atoms with Crippen molar-refractivity contribution in [3.8, 4) is 0 Å². The molecule has 0 aromatic heterocycles. The van der Waals surface area contributed by atoms with Gasteiger partial charge >= 0.3 is 0 Å². The predicted octanol–water partition coefficient (Wildman–Crippen LogP) is 2.49. The maximum Gasteiger partial charge on any atom is 0.224 e. The summed E-state index contributed by atoms with van der Waals surface area (Å²) >= 11 is 0. The molecule has 1 amide bonds. The van der Waals surface area contributed by atoms with Crippen LogP contribution in [0, 0.1) is 11.8 Å². The molecule has 2 N–H and O–H groups in total. The number of benzene rings is 1. The van der Waals surface area contributed by atoms with E-state index in [4.69, 9.17) is 0 Å². The second kappa shape index (κ2) is 4.39. The van der Waals surface area contributed by atoms with Crippen LogP contribution in [0.1, 0.15) is 36.9 Å². The van der Waals surface area contributed by atoms with Crippen LogP contribution < -0.4 is 10.6 Å². The first-order valence-electron chi connectivity index (χ1n) is 6.79. The number of nitrogens with one attached hydrogen (secondary N) is 2. The minimum absolute atomic E-state index is 0.135. The summed E-state index contributed by atoms with van der Waals surface area (Å²) in [4.78, 5) is 11.3. The smallest absolute Gasteiger partial charge is 0.224 e. The highest BCUT2D eigenvalue weighted by Crippen LogP contribution is 2.47. The van der Waals surface area contributed by atoms with E-state index in [9.17, 15) is 4.79 Å². The molecule has 3 heteroatoms. The van der Waals surface area contributed by atoms with E-state index in [0.29, 0.717) is 12.5 Å². The first-order chi connectivity index (χ1) is 8.69. The predicted molar refractivity (Wildman–Crippen MR) is 72.5 cm³/mol. The van der Waals surface area contributed by atoms with E-state index >= 15 is 0 Å². The van der Waals surface area contributed by atoms with Gasteiger partial charge in [0.1, 0.15) is 0 Å². The molecule has 2 aliphatic rings. The second-order valence-electron chi connectivity index (χ2n) is 5.61. The lowest BCUT2D eigenvalue weighted by atomic mass is 9.95. The zero-order chi connectivity index (χ0) is 12.7. The Hall–Kier alpha value is -1.35. The Morgan fingerprint density at radius 1 is 1.39 bits per heavy atom. The van der Waals surface area contributed by atoms with Gasteiger partial charge in [-0.3, -0.25) is 4.79 Å². The summed E-state index contributed by atoms with van der Waals surface area (Å²) in [5, 5.41) is 6.38. The van der Waals surface area contributed by atoms with Crippen molar-refractivity contribution in [2.45, 2.75) is 32.2 Å². The third-order valence-electron chi connectivity index (χ3n) is 4.29. The monoisotopic (exact) mass is 244 g/mol. The zero-order valence-electron chi connectivity index (χ0n) is 11.0. The number of carbonyl (C=O) groups excluding carboxylic acids is 1. The van der Waals surface area contributed by atoms with Gasteiger partial charge in [-0.25, -0.2) is 0 Å². The van der Waals surface area contributed by atoms with Gasteiger partial charge in [-0.05, 0) is 48.9 Å². The molecule has 3 rings (SSSR count). The molecule has 96 valence electrons. The molecule has 1 aliphatic heterocycles. The summed E-state index contributed by atoms with van der Waals surface area (Å²) in [5.74, 6) is 1.74. The normalized spacial score (nSPS) is 27.3. The number of rotatable bonds is 3. The lowest BCUT2D eigenvalue weighted by Crippen LogP contribution is -2.22. The van der Waals surface area contributed by atoms with E-state index in [2.05, 4.69) is 35.8 Å². The molecular formula is C15H20N2O. The molecule has 1 saturated carbocycles. The minimum atomic E-state index is 0.135. The molecule has 3 nitrogen and oxygen atoms in total. The number of hydrogen-bond donors (Lipinski definition) is 2.